The Kier molecular flexibility index (Phi) is 4.23. The van der Waals surface area contributed by atoms with Gasteiger partial charge in [-0.15, -0.1) is 5.10 Å². The second-order valence-electron chi connectivity index (χ2n) is 3.88. The molecule has 0 aliphatic heterocycles. The molecule has 0 atom stereocenters. The highest BCUT2D eigenvalue weighted by atomic mass is 16.3. The number of hydrogen-bond donors (Lipinski definition) is 2. The third-order valence-electron chi connectivity index (χ3n) is 2.76. The fourth-order valence-electron chi connectivity index (χ4n) is 1.45. The van der Waals surface area contributed by atoms with Crippen molar-refractivity contribution in [3.05, 3.63) is 11.9 Å². The summed E-state index contributed by atoms with van der Waals surface area (Å²) in [6.07, 6.45) is 4.02. The predicted molar refractivity (Wildman–Crippen MR) is 58.3 cm³/mol. The van der Waals surface area contributed by atoms with Crippen LogP contribution < -0.4 is 5.73 Å². The maximum absolute atomic E-state index is 10.1. The van der Waals surface area contributed by atoms with Crippen LogP contribution >= 0.6 is 0 Å². The Bertz CT molecular complexity index is 293. The molecule has 86 valence electrons. The van der Waals surface area contributed by atoms with Crippen molar-refractivity contribution in [2.45, 2.75) is 45.3 Å². The first-order valence-electron chi connectivity index (χ1n) is 5.45. The highest BCUT2D eigenvalue weighted by Crippen LogP contribution is 2.16. The van der Waals surface area contributed by atoms with Crippen LogP contribution in [-0.4, -0.2) is 32.2 Å². The van der Waals surface area contributed by atoms with Crippen LogP contribution in [-0.2, 0) is 13.0 Å². The van der Waals surface area contributed by atoms with E-state index in [2.05, 4.69) is 10.3 Å². The Hall–Kier alpha value is -0.940. The fraction of sp³-hybridized carbons (Fsp3) is 0.800. The van der Waals surface area contributed by atoms with Crippen LogP contribution in [0.2, 0.25) is 0 Å². The zero-order valence-corrected chi connectivity index (χ0v) is 9.48. The molecular formula is C10H20N4O. The van der Waals surface area contributed by atoms with Gasteiger partial charge >= 0.3 is 0 Å². The van der Waals surface area contributed by atoms with E-state index in [1.54, 1.807) is 4.68 Å². The normalized spacial score (nSPS) is 12.0. The summed E-state index contributed by atoms with van der Waals surface area (Å²) in [5, 5.41) is 18.1. The molecule has 3 N–H and O–H groups in total. The highest BCUT2D eigenvalue weighted by molar-refractivity contribution is 4.93. The first kappa shape index (κ1) is 12.1. The summed E-state index contributed by atoms with van der Waals surface area (Å²) in [6, 6.07) is 0. The molecule has 0 aliphatic rings. The molecule has 1 aromatic rings. The average Bonchev–Trinajstić information content (AvgIpc) is 2.66. The highest BCUT2D eigenvalue weighted by Gasteiger charge is 2.23. The van der Waals surface area contributed by atoms with Gasteiger partial charge in [0.2, 0.25) is 0 Å². The van der Waals surface area contributed by atoms with Gasteiger partial charge in [0, 0.05) is 12.6 Å². The van der Waals surface area contributed by atoms with Crippen LogP contribution in [0.15, 0.2) is 6.20 Å². The quantitative estimate of drug-likeness (QED) is 0.712. The van der Waals surface area contributed by atoms with E-state index in [-0.39, 0.29) is 0 Å². The van der Waals surface area contributed by atoms with Crippen molar-refractivity contribution in [1.82, 2.24) is 15.0 Å². The standard InChI is InChI=1S/C10H20N4O/c1-3-10(15,4-2)8-14-7-9(5-6-11)12-13-14/h7,15H,3-6,8,11H2,1-2H3. The molecule has 0 radical (unpaired) electrons. The minimum Gasteiger partial charge on any atom is -0.388 e. The second-order valence-corrected chi connectivity index (χ2v) is 3.88. The maximum Gasteiger partial charge on any atom is 0.0839 e. The number of nitrogens with two attached hydrogens (primary N) is 1. The smallest absolute Gasteiger partial charge is 0.0839 e. The Balaban J connectivity index is 2.63. The van der Waals surface area contributed by atoms with E-state index < -0.39 is 5.60 Å². The molecule has 5 nitrogen and oxygen atoms in total. The number of aliphatic hydroxyl groups is 1. The van der Waals surface area contributed by atoms with Crippen molar-refractivity contribution < 1.29 is 5.11 Å². The Labute approximate surface area is 90.3 Å². The number of aromatic nitrogens is 3. The van der Waals surface area contributed by atoms with Gasteiger partial charge in [0.25, 0.3) is 0 Å². The third kappa shape index (κ3) is 3.28. The topological polar surface area (TPSA) is 77.0 Å². The Morgan fingerprint density at radius 1 is 1.47 bits per heavy atom. The first-order valence-corrected chi connectivity index (χ1v) is 5.45. The molecule has 1 heterocycles. The van der Waals surface area contributed by atoms with E-state index in [9.17, 15) is 5.11 Å². The van der Waals surface area contributed by atoms with Gasteiger partial charge in [0.15, 0.2) is 0 Å². The van der Waals surface area contributed by atoms with E-state index in [1.807, 2.05) is 20.0 Å². The number of hydrogen-bond acceptors (Lipinski definition) is 4. The third-order valence-corrected chi connectivity index (χ3v) is 2.76. The molecule has 0 unspecified atom stereocenters. The van der Waals surface area contributed by atoms with Crippen molar-refractivity contribution in [1.29, 1.82) is 0 Å². The lowest BCUT2D eigenvalue weighted by Gasteiger charge is -2.24. The molecule has 0 aromatic carbocycles. The summed E-state index contributed by atoms with van der Waals surface area (Å²) < 4.78 is 1.69. The van der Waals surface area contributed by atoms with Crippen molar-refractivity contribution >= 4 is 0 Å². The Morgan fingerprint density at radius 3 is 2.67 bits per heavy atom. The van der Waals surface area contributed by atoms with E-state index in [4.69, 9.17) is 5.73 Å². The maximum atomic E-state index is 10.1. The van der Waals surface area contributed by atoms with E-state index in [0.29, 0.717) is 13.1 Å². The van der Waals surface area contributed by atoms with Gasteiger partial charge in [-0.2, -0.15) is 0 Å². The van der Waals surface area contributed by atoms with Crippen LogP contribution in [0, 0.1) is 0 Å². The fourth-order valence-corrected chi connectivity index (χ4v) is 1.45. The van der Waals surface area contributed by atoms with Gasteiger partial charge in [-0.1, -0.05) is 19.1 Å². The summed E-state index contributed by atoms with van der Waals surface area (Å²) in [4.78, 5) is 0. The molecule has 0 bridgehead atoms. The van der Waals surface area contributed by atoms with E-state index in [1.165, 1.54) is 0 Å². The van der Waals surface area contributed by atoms with Crippen LogP contribution in [0.1, 0.15) is 32.4 Å². The second kappa shape index (κ2) is 5.23. The molecule has 0 aliphatic carbocycles. The average molecular weight is 212 g/mol. The molecule has 1 aromatic heterocycles. The largest absolute Gasteiger partial charge is 0.388 e. The lowest BCUT2D eigenvalue weighted by Crippen LogP contribution is -2.32. The molecule has 15 heavy (non-hydrogen) atoms. The molecule has 1 rings (SSSR count). The summed E-state index contributed by atoms with van der Waals surface area (Å²) in [5.74, 6) is 0. The van der Waals surface area contributed by atoms with Gasteiger partial charge in [0.1, 0.15) is 0 Å². The SMILES string of the molecule is CCC(O)(CC)Cn1cc(CCN)nn1. The van der Waals surface area contributed by atoms with Crippen molar-refractivity contribution in [3.63, 3.8) is 0 Å². The summed E-state index contributed by atoms with van der Waals surface area (Å²) in [5.41, 5.74) is 5.63. The van der Waals surface area contributed by atoms with E-state index >= 15 is 0 Å². The van der Waals surface area contributed by atoms with Crippen molar-refractivity contribution in [2.75, 3.05) is 6.54 Å². The van der Waals surface area contributed by atoms with Crippen molar-refractivity contribution in [2.24, 2.45) is 5.73 Å². The minimum atomic E-state index is -0.673. The summed E-state index contributed by atoms with van der Waals surface area (Å²) in [6.45, 7) is 5.02. The van der Waals surface area contributed by atoms with Crippen LogP contribution in [0.4, 0.5) is 0 Å². The van der Waals surface area contributed by atoms with Gasteiger partial charge in [0.05, 0.1) is 17.8 Å². The molecular weight excluding hydrogens is 192 g/mol. The van der Waals surface area contributed by atoms with Gasteiger partial charge in [-0.3, -0.25) is 0 Å². The lowest BCUT2D eigenvalue weighted by atomic mass is 9.98. The molecule has 0 saturated carbocycles. The zero-order chi connectivity index (χ0) is 11.3. The summed E-state index contributed by atoms with van der Waals surface area (Å²) in [7, 11) is 0. The van der Waals surface area contributed by atoms with Gasteiger partial charge in [-0.05, 0) is 19.4 Å². The van der Waals surface area contributed by atoms with Crippen LogP contribution in [0.25, 0.3) is 0 Å². The monoisotopic (exact) mass is 212 g/mol. The molecule has 0 spiro atoms. The number of rotatable bonds is 6. The molecule has 0 amide bonds. The van der Waals surface area contributed by atoms with Crippen molar-refractivity contribution in [3.8, 4) is 0 Å². The minimum absolute atomic E-state index is 0.498. The molecule has 0 fully saturated rings. The van der Waals surface area contributed by atoms with Crippen LogP contribution in [0.5, 0.6) is 0 Å². The first-order chi connectivity index (χ1) is 7.13. The van der Waals surface area contributed by atoms with Gasteiger partial charge < -0.3 is 10.8 Å². The molecule has 5 heteroatoms. The van der Waals surface area contributed by atoms with Gasteiger partial charge in [-0.25, -0.2) is 4.68 Å². The lowest BCUT2D eigenvalue weighted by molar-refractivity contribution is 0.0114. The number of nitrogens with zero attached hydrogens (tertiary/aromatic N) is 3. The van der Waals surface area contributed by atoms with Crippen LogP contribution in [0.3, 0.4) is 0 Å². The molecule has 0 saturated heterocycles. The Morgan fingerprint density at radius 2 is 2.13 bits per heavy atom. The predicted octanol–water partition coefficient (Wildman–Crippen LogP) is 0.330. The zero-order valence-electron chi connectivity index (χ0n) is 9.48. The van der Waals surface area contributed by atoms with E-state index in [0.717, 1.165) is 25.0 Å². The summed E-state index contributed by atoms with van der Waals surface area (Å²) >= 11 is 0.